The van der Waals surface area contributed by atoms with Crippen molar-refractivity contribution in [3.8, 4) is 5.75 Å². The average Bonchev–Trinajstić information content (AvgIpc) is 3.53. The number of ether oxygens (including phenoxy) is 1. The molecule has 154 valence electrons. The quantitative estimate of drug-likeness (QED) is 0.814. The molecule has 2 aromatic carbocycles. The van der Waals surface area contributed by atoms with Crippen LogP contribution in [0.2, 0.25) is 0 Å². The number of anilines is 1. The number of fused-ring (bicyclic) bond motifs is 1. The summed E-state index contributed by atoms with van der Waals surface area (Å²) >= 11 is 0. The summed E-state index contributed by atoms with van der Waals surface area (Å²) in [6.45, 7) is 5.05. The molecule has 1 fully saturated rings. The fourth-order valence-corrected chi connectivity index (χ4v) is 5.03. The highest BCUT2D eigenvalue weighted by molar-refractivity contribution is 7.92. The van der Waals surface area contributed by atoms with Gasteiger partial charge in [0, 0.05) is 24.7 Å². The second-order valence-electron chi connectivity index (χ2n) is 7.96. The SMILES string of the molecule is COc1cc(C)c(C)cc1S(=O)(=O)Nc1ccc2c(c1)CN(C(=O)C1CC1)CC2. The van der Waals surface area contributed by atoms with Crippen molar-refractivity contribution in [3.63, 3.8) is 0 Å². The lowest BCUT2D eigenvalue weighted by Gasteiger charge is -2.29. The Balaban J connectivity index is 1.59. The first-order chi connectivity index (χ1) is 13.8. The number of carbonyl (C=O) groups excluding carboxylic acids is 1. The lowest BCUT2D eigenvalue weighted by atomic mass is 9.99. The van der Waals surface area contributed by atoms with Gasteiger partial charge in [-0.2, -0.15) is 0 Å². The molecule has 1 aliphatic carbocycles. The van der Waals surface area contributed by atoms with Crippen LogP contribution in [0.4, 0.5) is 5.69 Å². The predicted molar refractivity (Wildman–Crippen MR) is 112 cm³/mol. The number of sulfonamides is 1. The summed E-state index contributed by atoms with van der Waals surface area (Å²) in [5.41, 5.74) is 4.50. The number of rotatable bonds is 5. The van der Waals surface area contributed by atoms with Gasteiger partial charge in [0.05, 0.1) is 7.11 Å². The molecule has 0 radical (unpaired) electrons. The molecular weight excluding hydrogens is 388 g/mol. The summed E-state index contributed by atoms with van der Waals surface area (Å²) in [4.78, 5) is 14.4. The van der Waals surface area contributed by atoms with Crippen molar-refractivity contribution in [2.45, 2.75) is 44.6 Å². The van der Waals surface area contributed by atoms with E-state index in [0.29, 0.717) is 18.0 Å². The average molecular weight is 415 g/mol. The molecule has 1 aliphatic heterocycles. The van der Waals surface area contributed by atoms with Crippen LogP contribution in [-0.4, -0.2) is 32.9 Å². The molecule has 7 heteroatoms. The maximum absolute atomic E-state index is 13.0. The van der Waals surface area contributed by atoms with E-state index in [1.165, 1.54) is 7.11 Å². The number of amides is 1. The molecule has 1 amide bonds. The zero-order valence-corrected chi connectivity index (χ0v) is 17.8. The molecule has 2 aliphatic rings. The zero-order valence-electron chi connectivity index (χ0n) is 17.0. The number of aryl methyl sites for hydroxylation is 2. The van der Waals surface area contributed by atoms with Crippen LogP contribution in [-0.2, 0) is 27.8 Å². The molecule has 0 unspecified atom stereocenters. The van der Waals surface area contributed by atoms with Crippen LogP contribution in [0.1, 0.15) is 35.1 Å². The Bertz CT molecular complexity index is 1070. The Morgan fingerprint density at radius 2 is 1.83 bits per heavy atom. The van der Waals surface area contributed by atoms with Crippen molar-refractivity contribution in [1.29, 1.82) is 0 Å². The number of nitrogens with one attached hydrogen (secondary N) is 1. The Kier molecular flexibility index (Phi) is 5.02. The number of carbonyl (C=O) groups is 1. The summed E-state index contributed by atoms with van der Waals surface area (Å²) in [5.74, 6) is 0.733. The summed E-state index contributed by atoms with van der Waals surface area (Å²) in [6.07, 6.45) is 2.77. The van der Waals surface area contributed by atoms with E-state index in [4.69, 9.17) is 4.74 Å². The highest BCUT2D eigenvalue weighted by Gasteiger charge is 2.34. The number of nitrogens with zero attached hydrogens (tertiary/aromatic N) is 1. The third-order valence-corrected chi connectivity index (χ3v) is 7.18. The third-order valence-electron chi connectivity index (χ3n) is 5.78. The van der Waals surface area contributed by atoms with Gasteiger partial charge in [0.25, 0.3) is 10.0 Å². The molecule has 1 N–H and O–H groups in total. The topological polar surface area (TPSA) is 75.7 Å². The van der Waals surface area contributed by atoms with Gasteiger partial charge >= 0.3 is 0 Å². The van der Waals surface area contributed by atoms with Crippen LogP contribution in [0.15, 0.2) is 35.2 Å². The van der Waals surface area contributed by atoms with Crippen molar-refractivity contribution in [2.75, 3.05) is 18.4 Å². The summed E-state index contributed by atoms with van der Waals surface area (Å²) < 4.78 is 34.0. The van der Waals surface area contributed by atoms with E-state index in [0.717, 1.165) is 48.1 Å². The Hall–Kier alpha value is -2.54. The number of hydrogen-bond acceptors (Lipinski definition) is 4. The minimum atomic E-state index is -3.81. The summed E-state index contributed by atoms with van der Waals surface area (Å²) in [6, 6.07) is 8.93. The summed E-state index contributed by atoms with van der Waals surface area (Å²) in [5, 5.41) is 0. The first-order valence-corrected chi connectivity index (χ1v) is 11.4. The lowest BCUT2D eigenvalue weighted by molar-refractivity contribution is -0.133. The van der Waals surface area contributed by atoms with E-state index in [1.807, 2.05) is 30.9 Å². The van der Waals surface area contributed by atoms with Gasteiger partial charge in [0.15, 0.2) is 0 Å². The van der Waals surface area contributed by atoms with Gasteiger partial charge in [0.1, 0.15) is 10.6 Å². The lowest BCUT2D eigenvalue weighted by Crippen LogP contribution is -2.36. The van der Waals surface area contributed by atoms with Crippen molar-refractivity contribution >= 4 is 21.6 Å². The van der Waals surface area contributed by atoms with E-state index in [-0.39, 0.29) is 16.7 Å². The van der Waals surface area contributed by atoms with Crippen molar-refractivity contribution in [1.82, 2.24) is 4.90 Å². The van der Waals surface area contributed by atoms with E-state index in [1.54, 1.807) is 18.2 Å². The van der Waals surface area contributed by atoms with E-state index in [2.05, 4.69) is 4.72 Å². The van der Waals surface area contributed by atoms with Crippen LogP contribution >= 0.6 is 0 Å². The second-order valence-corrected chi connectivity index (χ2v) is 9.61. The molecule has 0 spiro atoms. The van der Waals surface area contributed by atoms with Crippen LogP contribution < -0.4 is 9.46 Å². The summed E-state index contributed by atoms with van der Waals surface area (Å²) in [7, 11) is -2.34. The smallest absolute Gasteiger partial charge is 0.265 e. The van der Waals surface area contributed by atoms with Crippen molar-refractivity contribution in [3.05, 3.63) is 52.6 Å². The maximum Gasteiger partial charge on any atom is 0.265 e. The minimum absolute atomic E-state index is 0.117. The molecule has 29 heavy (non-hydrogen) atoms. The number of benzene rings is 2. The fraction of sp³-hybridized carbons (Fsp3) is 0.409. The number of methoxy groups -OCH3 is 1. The van der Waals surface area contributed by atoms with Gasteiger partial charge in [-0.05, 0) is 79.6 Å². The van der Waals surface area contributed by atoms with Gasteiger partial charge in [-0.25, -0.2) is 8.42 Å². The van der Waals surface area contributed by atoms with Gasteiger partial charge in [0.2, 0.25) is 5.91 Å². The molecule has 6 nitrogen and oxygen atoms in total. The van der Waals surface area contributed by atoms with Crippen molar-refractivity contribution < 1.29 is 17.9 Å². The molecule has 2 aromatic rings. The third kappa shape index (κ3) is 3.96. The van der Waals surface area contributed by atoms with E-state index < -0.39 is 10.0 Å². The Morgan fingerprint density at radius 3 is 2.52 bits per heavy atom. The van der Waals surface area contributed by atoms with Crippen LogP contribution in [0, 0.1) is 19.8 Å². The van der Waals surface area contributed by atoms with E-state index >= 15 is 0 Å². The normalized spacial score (nSPS) is 16.3. The number of hydrogen-bond donors (Lipinski definition) is 1. The van der Waals surface area contributed by atoms with Gasteiger partial charge in [-0.1, -0.05) is 6.07 Å². The fourth-order valence-electron chi connectivity index (χ4n) is 3.74. The highest BCUT2D eigenvalue weighted by atomic mass is 32.2. The molecule has 1 heterocycles. The van der Waals surface area contributed by atoms with Gasteiger partial charge in [-0.3, -0.25) is 9.52 Å². The first-order valence-electron chi connectivity index (χ1n) is 9.87. The molecular formula is C22H26N2O4S. The Morgan fingerprint density at radius 1 is 1.10 bits per heavy atom. The van der Waals surface area contributed by atoms with Gasteiger partial charge < -0.3 is 9.64 Å². The van der Waals surface area contributed by atoms with E-state index in [9.17, 15) is 13.2 Å². The zero-order chi connectivity index (χ0) is 20.8. The first kappa shape index (κ1) is 19.8. The monoisotopic (exact) mass is 414 g/mol. The standard InChI is InChI=1S/C22H26N2O4S/c1-14-10-20(28-3)21(11-15(14)2)29(26,27)23-19-7-6-16-8-9-24(13-18(16)12-19)22(25)17-4-5-17/h6-7,10-12,17,23H,4-5,8-9,13H2,1-3H3. The van der Waals surface area contributed by atoms with Crippen molar-refractivity contribution in [2.24, 2.45) is 5.92 Å². The van der Waals surface area contributed by atoms with Crippen LogP contribution in [0.5, 0.6) is 5.75 Å². The molecule has 1 saturated carbocycles. The minimum Gasteiger partial charge on any atom is -0.495 e. The van der Waals surface area contributed by atoms with Gasteiger partial charge in [-0.15, -0.1) is 0 Å². The predicted octanol–water partition coefficient (Wildman–Crippen LogP) is 3.41. The van der Waals surface area contributed by atoms with Crippen LogP contribution in [0.3, 0.4) is 0 Å². The molecule has 0 saturated heterocycles. The second kappa shape index (κ2) is 7.37. The maximum atomic E-state index is 13.0. The molecule has 0 bridgehead atoms. The Labute approximate surface area is 171 Å². The largest absolute Gasteiger partial charge is 0.495 e. The highest BCUT2D eigenvalue weighted by Crippen LogP contribution is 2.34. The van der Waals surface area contributed by atoms with Crippen LogP contribution in [0.25, 0.3) is 0 Å². The molecule has 0 atom stereocenters. The molecule has 0 aromatic heterocycles. The molecule has 4 rings (SSSR count).